The number of nitrogens with one attached hydrogen (secondary N) is 1. The molecule has 0 bridgehead atoms. The maximum Gasteiger partial charge on any atom is 0.408 e. The van der Waals surface area contributed by atoms with Crippen LogP contribution in [-0.2, 0) is 31.7 Å². The topological polar surface area (TPSA) is 81.7 Å². The van der Waals surface area contributed by atoms with Crippen molar-refractivity contribution < 1.29 is 23.3 Å². The number of hydrogen-bond donors (Lipinski definition) is 1. The molecule has 1 N–H and O–H groups in total. The van der Waals surface area contributed by atoms with E-state index in [1.54, 1.807) is 0 Å². The standard InChI is InChI=1S/C14H19NO5S/c1-19-13(16)12(8-9-21(2)18)15-14(17)20-10-11-6-4-3-5-7-11/h3-7,12H,8-10H2,1-2H3,(H,15,17)/t12?,21-/m0/s1. The first-order valence-corrected chi connectivity index (χ1v) is 8.10. The van der Waals surface area contributed by atoms with E-state index in [0.717, 1.165) is 5.56 Å². The van der Waals surface area contributed by atoms with Crippen LogP contribution in [0.1, 0.15) is 12.0 Å². The molecule has 1 aromatic carbocycles. The van der Waals surface area contributed by atoms with Crippen molar-refractivity contribution in [2.24, 2.45) is 0 Å². The van der Waals surface area contributed by atoms with Gasteiger partial charge in [-0.25, -0.2) is 9.59 Å². The van der Waals surface area contributed by atoms with E-state index < -0.39 is 28.9 Å². The summed E-state index contributed by atoms with van der Waals surface area (Å²) in [5, 5.41) is 2.42. The molecule has 1 unspecified atom stereocenters. The van der Waals surface area contributed by atoms with Gasteiger partial charge in [0, 0.05) is 22.8 Å². The first-order chi connectivity index (χ1) is 10.0. The minimum atomic E-state index is -1.05. The Hall–Kier alpha value is -1.89. The van der Waals surface area contributed by atoms with E-state index in [2.05, 4.69) is 10.1 Å². The van der Waals surface area contributed by atoms with Gasteiger partial charge in [0.15, 0.2) is 0 Å². The Morgan fingerprint density at radius 1 is 1.29 bits per heavy atom. The van der Waals surface area contributed by atoms with Crippen LogP contribution in [0.25, 0.3) is 0 Å². The number of carbonyl (C=O) groups excluding carboxylic acids is 2. The van der Waals surface area contributed by atoms with Gasteiger partial charge in [0.05, 0.1) is 7.11 Å². The summed E-state index contributed by atoms with van der Waals surface area (Å²) in [6, 6.07) is 8.33. The van der Waals surface area contributed by atoms with Crippen LogP contribution in [0.15, 0.2) is 30.3 Å². The van der Waals surface area contributed by atoms with Crippen LogP contribution in [0.3, 0.4) is 0 Å². The second-order valence-corrected chi connectivity index (χ2v) is 5.90. The van der Waals surface area contributed by atoms with Gasteiger partial charge in [-0.2, -0.15) is 0 Å². The van der Waals surface area contributed by atoms with Crippen molar-refractivity contribution in [3.8, 4) is 0 Å². The zero-order valence-corrected chi connectivity index (χ0v) is 12.9. The molecule has 0 aliphatic carbocycles. The third-order valence-electron chi connectivity index (χ3n) is 2.68. The fraction of sp³-hybridized carbons (Fsp3) is 0.429. The van der Waals surface area contributed by atoms with Gasteiger partial charge in [-0.05, 0) is 12.0 Å². The van der Waals surface area contributed by atoms with Crippen molar-refractivity contribution in [1.82, 2.24) is 5.32 Å². The van der Waals surface area contributed by atoms with E-state index >= 15 is 0 Å². The van der Waals surface area contributed by atoms with E-state index in [4.69, 9.17) is 4.74 Å². The number of esters is 1. The summed E-state index contributed by atoms with van der Waals surface area (Å²) in [5.74, 6) is -0.296. The van der Waals surface area contributed by atoms with Gasteiger partial charge in [-0.15, -0.1) is 0 Å². The fourth-order valence-electron chi connectivity index (χ4n) is 1.58. The Kier molecular flexibility index (Phi) is 7.45. The van der Waals surface area contributed by atoms with Crippen LogP contribution < -0.4 is 5.32 Å². The molecule has 7 heteroatoms. The Labute approximate surface area is 126 Å². The largest absolute Gasteiger partial charge is 0.467 e. The molecule has 0 radical (unpaired) electrons. The molecule has 0 fully saturated rings. The van der Waals surface area contributed by atoms with Crippen LogP contribution in [0, 0.1) is 0 Å². The molecular formula is C14H19NO5S. The summed E-state index contributed by atoms with van der Waals surface area (Å²) in [5.41, 5.74) is 0.844. The van der Waals surface area contributed by atoms with Gasteiger partial charge >= 0.3 is 12.1 Å². The zero-order chi connectivity index (χ0) is 15.7. The molecule has 6 nitrogen and oxygen atoms in total. The molecule has 0 aliphatic heterocycles. The van der Waals surface area contributed by atoms with Crippen molar-refractivity contribution in [3.05, 3.63) is 35.9 Å². The van der Waals surface area contributed by atoms with Crippen LogP contribution in [0.2, 0.25) is 0 Å². The smallest absolute Gasteiger partial charge is 0.408 e. The summed E-state index contributed by atoms with van der Waals surface area (Å²) < 4.78 is 20.7. The molecule has 0 aromatic heterocycles. The van der Waals surface area contributed by atoms with Gasteiger partial charge in [0.1, 0.15) is 12.6 Å². The number of hydrogen-bond acceptors (Lipinski definition) is 5. The zero-order valence-electron chi connectivity index (χ0n) is 12.0. The second kappa shape index (κ2) is 9.12. The molecule has 1 amide bonds. The molecule has 116 valence electrons. The van der Waals surface area contributed by atoms with Crippen molar-refractivity contribution in [1.29, 1.82) is 0 Å². The summed E-state index contributed by atoms with van der Waals surface area (Å²) in [4.78, 5) is 23.2. The van der Waals surface area contributed by atoms with Crippen LogP contribution >= 0.6 is 0 Å². The Morgan fingerprint density at radius 3 is 2.52 bits per heavy atom. The lowest BCUT2D eigenvalue weighted by Crippen LogP contribution is -2.42. The number of alkyl carbamates (subject to hydrolysis) is 1. The number of ether oxygens (including phenoxy) is 2. The van der Waals surface area contributed by atoms with E-state index in [1.165, 1.54) is 13.4 Å². The maximum atomic E-state index is 11.7. The average molecular weight is 313 g/mol. The number of benzene rings is 1. The number of carbonyl (C=O) groups is 2. The third-order valence-corrected chi connectivity index (χ3v) is 3.50. The molecule has 2 atom stereocenters. The molecule has 1 rings (SSSR count). The van der Waals surface area contributed by atoms with E-state index in [1.807, 2.05) is 30.3 Å². The number of rotatable bonds is 7. The van der Waals surface area contributed by atoms with E-state index in [-0.39, 0.29) is 13.0 Å². The monoisotopic (exact) mass is 313 g/mol. The molecule has 0 aliphatic rings. The SMILES string of the molecule is COC(=O)C(CC[S@](C)=O)NC(=O)OCc1ccccc1. The maximum absolute atomic E-state index is 11.7. The van der Waals surface area contributed by atoms with Crippen molar-refractivity contribution in [3.63, 3.8) is 0 Å². The summed E-state index contributed by atoms with van der Waals surface area (Å²) in [6.45, 7) is 0.111. The molecule has 21 heavy (non-hydrogen) atoms. The molecule has 0 heterocycles. The normalized spacial score (nSPS) is 13.0. The number of amides is 1. The van der Waals surface area contributed by atoms with Gasteiger partial charge in [-0.1, -0.05) is 30.3 Å². The Morgan fingerprint density at radius 2 is 1.95 bits per heavy atom. The lowest BCUT2D eigenvalue weighted by Gasteiger charge is -2.15. The second-order valence-electron chi connectivity index (χ2n) is 4.35. The lowest BCUT2D eigenvalue weighted by atomic mass is 10.2. The summed E-state index contributed by atoms with van der Waals surface area (Å²) in [6.07, 6.45) is 1.05. The molecule has 0 saturated carbocycles. The van der Waals surface area contributed by atoms with Gasteiger partial charge < -0.3 is 14.8 Å². The first-order valence-electron chi connectivity index (χ1n) is 6.38. The molecule has 1 aromatic rings. The Bertz CT molecular complexity index is 491. The first kappa shape index (κ1) is 17.2. The predicted octanol–water partition coefficient (Wildman–Crippen LogP) is 1.22. The van der Waals surface area contributed by atoms with Crippen molar-refractivity contribution in [2.75, 3.05) is 19.1 Å². The summed E-state index contributed by atoms with van der Waals surface area (Å²) in [7, 11) is 0.179. The minimum absolute atomic E-state index is 0.111. The highest BCUT2D eigenvalue weighted by molar-refractivity contribution is 7.84. The lowest BCUT2D eigenvalue weighted by molar-refractivity contribution is -0.143. The van der Waals surface area contributed by atoms with E-state index in [0.29, 0.717) is 5.75 Å². The molecule has 0 spiro atoms. The van der Waals surface area contributed by atoms with Gasteiger partial charge in [-0.3, -0.25) is 4.21 Å². The quantitative estimate of drug-likeness (QED) is 0.766. The van der Waals surface area contributed by atoms with E-state index in [9.17, 15) is 13.8 Å². The van der Waals surface area contributed by atoms with Gasteiger partial charge in [0.2, 0.25) is 0 Å². The third kappa shape index (κ3) is 6.89. The highest BCUT2D eigenvalue weighted by Gasteiger charge is 2.22. The molecule has 0 saturated heterocycles. The van der Waals surface area contributed by atoms with Crippen LogP contribution in [0.4, 0.5) is 4.79 Å². The highest BCUT2D eigenvalue weighted by atomic mass is 32.2. The van der Waals surface area contributed by atoms with Crippen molar-refractivity contribution in [2.45, 2.75) is 19.1 Å². The van der Waals surface area contributed by atoms with Crippen LogP contribution in [0.5, 0.6) is 0 Å². The van der Waals surface area contributed by atoms with Gasteiger partial charge in [0.25, 0.3) is 0 Å². The molecular weight excluding hydrogens is 294 g/mol. The number of methoxy groups -OCH3 is 1. The minimum Gasteiger partial charge on any atom is -0.467 e. The van der Waals surface area contributed by atoms with Crippen molar-refractivity contribution >= 4 is 22.9 Å². The van der Waals surface area contributed by atoms with Crippen LogP contribution in [-0.4, -0.2) is 41.4 Å². The Balaban J connectivity index is 2.47. The average Bonchev–Trinajstić information content (AvgIpc) is 2.49. The predicted molar refractivity (Wildman–Crippen MR) is 79.1 cm³/mol. The fourth-order valence-corrected chi connectivity index (χ4v) is 2.15. The highest BCUT2D eigenvalue weighted by Crippen LogP contribution is 2.02. The summed E-state index contributed by atoms with van der Waals surface area (Å²) >= 11 is 0.